The number of benzene rings is 10. The molecule has 0 aliphatic heterocycles. The van der Waals surface area contributed by atoms with Gasteiger partial charge >= 0.3 is 0 Å². The Morgan fingerprint density at radius 2 is 0.906 bits per heavy atom. The van der Waals surface area contributed by atoms with Crippen molar-refractivity contribution in [2.75, 3.05) is 4.90 Å². The minimum absolute atomic E-state index is 0.634. The third-order valence-corrected chi connectivity index (χ3v) is 14.3. The molecule has 2 heteroatoms. The molecule has 14 rings (SSSR count). The lowest BCUT2D eigenvalue weighted by Crippen LogP contribution is -2.29. The zero-order valence-corrected chi connectivity index (χ0v) is 34.9. The fourth-order valence-electron chi connectivity index (χ4n) is 11.7. The van der Waals surface area contributed by atoms with E-state index in [0.717, 1.165) is 45.4 Å². The number of para-hydroxylation sites is 1. The van der Waals surface area contributed by atoms with Crippen molar-refractivity contribution in [1.29, 1.82) is 0 Å². The van der Waals surface area contributed by atoms with E-state index >= 15 is 0 Å². The van der Waals surface area contributed by atoms with Crippen LogP contribution < -0.4 is 4.90 Å². The highest BCUT2D eigenvalue weighted by Gasteiger charge is 2.51. The molecular weight excluding hydrogens is 775 g/mol. The van der Waals surface area contributed by atoms with Gasteiger partial charge in [-0.25, -0.2) is 0 Å². The van der Waals surface area contributed by atoms with Crippen molar-refractivity contribution >= 4 is 39.0 Å². The van der Waals surface area contributed by atoms with Crippen LogP contribution >= 0.6 is 0 Å². The standard InChI is InChI=1S/C62H39NO/c1-2-14-39(15-3-1)40-26-29-43(30-27-40)63(45-32-34-52-51-21-10-13-25-58(51)64-59(52)38-45)44-31-33-50-48-19-7-6-18-47(48)49-20-8-11-23-54(49)62(57(50)37-44)55-24-12-9-22-53(55)61-56(62)35-28-42-36-41-16-4-5-17-46(41)60(42)61/h1-35,37-38H,36H2. The Morgan fingerprint density at radius 3 is 1.72 bits per heavy atom. The first-order chi connectivity index (χ1) is 31.7. The van der Waals surface area contributed by atoms with Crippen LogP contribution in [0.1, 0.15) is 33.4 Å². The van der Waals surface area contributed by atoms with Gasteiger partial charge in [-0.2, -0.15) is 0 Å². The molecule has 64 heavy (non-hydrogen) atoms. The largest absolute Gasteiger partial charge is 0.456 e. The molecule has 0 N–H and O–H groups in total. The van der Waals surface area contributed by atoms with Crippen molar-refractivity contribution in [2.24, 2.45) is 0 Å². The Labute approximate surface area is 372 Å². The Morgan fingerprint density at radius 1 is 0.328 bits per heavy atom. The van der Waals surface area contributed by atoms with Gasteiger partial charge in [-0.3, -0.25) is 0 Å². The molecule has 1 spiro atoms. The van der Waals surface area contributed by atoms with E-state index in [2.05, 4.69) is 223 Å². The maximum Gasteiger partial charge on any atom is 0.137 e. The molecule has 2 nitrogen and oxygen atoms in total. The number of hydrogen-bond donors (Lipinski definition) is 0. The van der Waals surface area contributed by atoms with Crippen LogP contribution in [0.25, 0.3) is 77.6 Å². The summed E-state index contributed by atoms with van der Waals surface area (Å²) in [6.07, 6.45) is 0.949. The van der Waals surface area contributed by atoms with Gasteiger partial charge in [0.25, 0.3) is 0 Å². The summed E-state index contributed by atoms with van der Waals surface area (Å²) < 4.78 is 6.57. The molecule has 10 aromatic carbocycles. The van der Waals surface area contributed by atoms with Gasteiger partial charge in [-0.1, -0.05) is 176 Å². The third-order valence-electron chi connectivity index (χ3n) is 14.3. The third kappa shape index (κ3) is 4.85. The fraction of sp³-hybridized carbons (Fsp3) is 0.0323. The van der Waals surface area contributed by atoms with Gasteiger partial charge in [0.15, 0.2) is 0 Å². The predicted octanol–water partition coefficient (Wildman–Crippen LogP) is 16.3. The van der Waals surface area contributed by atoms with Crippen LogP contribution in [0, 0.1) is 0 Å². The lowest BCUT2D eigenvalue weighted by molar-refractivity contribution is 0.669. The number of fused-ring (bicyclic) bond motifs is 19. The topological polar surface area (TPSA) is 16.4 Å². The van der Waals surface area contributed by atoms with Crippen LogP contribution in [-0.4, -0.2) is 0 Å². The second kappa shape index (κ2) is 13.4. The molecule has 3 aliphatic carbocycles. The normalized spacial score (nSPS) is 14.9. The molecule has 1 unspecified atom stereocenters. The first-order valence-electron chi connectivity index (χ1n) is 22.3. The van der Waals surface area contributed by atoms with Crippen molar-refractivity contribution in [3.05, 3.63) is 258 Å². The van der Waals surface area contributed by atoms with Crippen LogP contribution in [0.5, 0.6) is 0 Å². The van der Waals surface area contributed by atoms with Gasteiger partial charge in [0, 0.05) is 33.9 Å². The average molecular weight is 814 g/mol. The smallest absolute Gasteiger partial charge is 0.137 e. The summed E-state index contributed by atoms with van der Waals surface area (Å²) in [6, 6.07) is 83.3. The highest BCUT2D eigenvalue weighted by atomic mass is 16.3. The SMILES string of the molecule is c1ccc(-c2ccc(N(c3ccc4c(c3)C3(c5ccccc5-c5ccccc5-4)c4ccccc4-c4c3ccc3c4-c4ccccc4C3)c3ccc4c(c3)oc3ccccc34)cc2)cc1. The Hall–Kier alpha value is -8.20. The number of nitrogens with zero attached hydrogens (tertiary/aromatic N) is 1. The fourth-order valence-corrected chi connectivity index (χ4v) is 11.7. The van der Waals surface area contributed by atoms with Crippen molar-refractivity contribution in [2.45, 2.75) is 11.8 Å². The van der Waals surface area contributed by atoms with E-state index in [1.54, 1.807) is 0 Å². The molecule has 1 aromatic heterocycles. The summed E-state index contributed by atoms with van der Waals surface area (Å²) in [5, 5.41) is 2.24. The van der Waals surface area contributed by atoms with Crippen LogP contribution in [-0.2, 0) is 11.8 Å². The number of furan rings is 1. The van der Waals surface area contributed by atoms with E-state index in [-0.39, 0.29) is 0 Å². The zero-order valence-electron chi connectivity index (χ0n) is 34.9. The number of rotatable bonds is 4. The highest BCUT2D eigenvalue weighted by Crippen LogP contribution is 2.64. The molecule has 0 saturated heterocycles. The molecule has 0 amide bonds. The van der Waals surface area contributed by atoms with E-state index in [1.165, 1.54) is 89.0 Å². The lowest BCUT2D eigenvalue weighted by Gasteiger charge is -2.36. The van der Waals surface area contributed by atoms with Crippen molar-refractivity contribution in [3.8, 4) is 55.6 Å². The molecule has 1 atom stereocenters. The average Bonchev–Trinajstić information content (AvgIpc) is 4.00. The van der Waals surface area contributed by atoms with Crippen LogP contribution in [0.2, 0.25) is 0 Å². The highest BCUT2D eigenvalue weighted by molar-refractivity contribution is 6.07. The first-order valence-corrected chi connectivity index (χ1v) is 22.3. The molecule has 11 aromatic rings. The summed E-state index contributed by atoms with van der Waals surface area (Å²) in [4.78, 5) is 2.42. The quantitative estimate of drug-likeness (QED) is 0.176. The summed E-state index contributed by atoms with van der Waals surface area (Å²) in [7, 11) is 0. The molecule has 1 heterocycles. The maximum atomic E-state index is 6.57. The van der Waals surface area contributed by atoms with Crippen LogP contribution in [0.4, 0.5) is 17.1 Å². The molecule has 0 radical (unpaired) electrons. The summed E-state index contributed by atoms with van der Waals surface area (Å²) in [5.74, 6) is 0. The van der Waals surface area contributed by atoms with Crippen molar-refractivity contribution in [1.82, 2.24) is 0 Å². The van der Waals surface area contributed by atoms with E-state index in [1.807, 2.05) is 6.07 Å². The molecule has 0 fully saturated rings. The van der Waals surface area contributed by atoms with Gasteiger partial charge in [0.1, 0.15) is 11.2 Å². The summed E-state index contributed by atoms with van der Waals surface area (Å²) in [6.45, 7) is 0. The molecule has 298 valence electrons. The maximum absolute atomic E-state index is 6.57. The van der Waals surface area contributed by atoms with Gasteiger partial charge in [-0.05, 0) is 138 Å². The summed E-state index contributed by atoms with van der Waals surface area (Å²) in [5.41, 5.74) is 25.1. The van der Waals surface area contributed by atoms with Gasteiger partial charge < -0.3 is 9.32 Å². The van der Waals surface area contributed by atoms with Gasteiger partial charge in [-0.15, -0.1) is 0 Å². The summed E-state index contributed by atoms with van der Waals surface area (Å²) >= 11 is 0. The van der Waals surface area contributed by atoms with Gasteiger partial charge in [0.2, 0.25) is 0 Å². The monoisotopic (exact) mass is 813 g/mol. The second-order valence-corrected chi connectivity index (χ2v) is 17.5. The number of anilines is 3. The number of hydrogen-bond acceptors (Lipinski definition) is 2. The Kier molecular flexibility index (Phi) is 7.41. The molecular formula is C62H39NO. The van der Waals surface area contributed by atoms with Crippen molar-refractivity contribution < 1.29 is 4.42 Å². The van der Waals surface area contributed by atoms with E-state index < -0.39 is 5.41 Å². The first kappa shape index (κ1) is 35.4. The van der Waals surface area contributed by atoms with E-state index in [9.17, 15) is 0 Å². The Balaban J connectivity index is 1.08. The Bertz CT molecular complexity index is 3710. The molecule has 0 bridgehead atoms. The minimum Gasteiger partial charge on any atom is -0.456 e. The molecule has 0 saturated carbocycles. The lowest BCUT2D eigenvalue weighted by atomic mass is 9.65. The second-order valence-electron chi connectivity index (χ2n) is 17.5. The zero-order chi connectivity index (χ0) is 41.9. The molecule has 3 aliphatic rings. The van der Waals surface area contributed by atoms with E-state index in [0.29, 0.717) is 0 Å². The van der Waals surface area contributed by atoms with Crippen molar-refractivity contribution in [3.63, 3.8) is 0 Å². The van der Waals surface area contributed by atoms with Crippen LogP contribution in [0.3, 0.4) is 0 Å². The predicted molar refractivity (Wildman–Crippen MR) is 264 cm³/mol. The minimum atomic E-state index is -0.634. The van der Waals surface area contributed by atoms with Crippen LogP contribution in [0.15, 0.2) is 229 Å². The van der Waals surface area contributed by atoms with E-state index in [4.69, 9.17) is 4.42 Å². The van der Waals surface area contributed by atoms with Gasteiger partial charge in [0.05, 0.1) is 5.41 Å².